The maximum Gasteiger partial charge on any atom is 0.0344 e. The third kappa shape index (κ3) is 3.49. The minimum absolute atomic E-state index is 0.575. The molecular formula is C16H26N2. The fraction of sp³-hybridized carbons (Fsp3) is 0.625. The molecule has 1 unspecified atom stereocenters. The highest BCUT2D eigenvalue weighted by atomic mass is 15.1. The van der Waals surface area contributed by atoms with Crippen molar-refractivity contribution < 1.29 is 0 Å². The molecule has 0 aromatic heterocycles. The minimum atomic E-state index is 0.575. The zero-order valence-corrected chi connectivity index (χ0v) is 11.9. The Labute approximate surface area is 111 Å². The number of rotatable bonds is 4. The second-order valence-electron chi connectivity index (χ2n) is 5.57. The summed E-state index contributed by atoms with van der Waals surface area (Å²) >= 11 is 0. The molecule has 0 aliphatic carbocycles. The van der Waals surface area contributed by atoms with Crippen molar-refractivity contribution in [2.24, 2.45) is 5.92 Å². The van der Waals surface area contributed by atoms with Crippen molar-refractivity contribution in [2.45, 2.75) is 39.7 Å². The van der Waals surface area contributed by atoms with Crippen LogP contribution in [0.25, 0.3) is 0 Å². The lowest BCUT2D eigenvalue weighted by Gasteiger charge is -2.34. The molecule has 2 nitrogen and oxygen atoms in total. The molecule has 0 spiro atoms. The van der Waals surface area contributed by atoms with Gasteiger partial charge in [-0.25, -0.2) is 0 Å². The van der Waals surface area contributed by atoms with Crippen molar-refractivity contribution >= 4 is 5.69 Å². The third-order valence-electron chi connectivity index (χ3n) is 4.20. The lowest BCUT2D eigenvalue weighted by molar-refractivity contribution is 0.183. The van der Waals surface area contributed by atoms with E-state index in [2.05, 4.69) is 55.3 Å². The molecule has 0 bridgehead atoms. The highest BCUT2D eigenvalue weighted by molar-refractivity contribution is 5.46. The van der Waals surface area contributed by atoms with Crippen LogP contribution >= 0.6 is 0 Å². The van der Waals surface area contributed by atoms with Crippen LogP contribution in [0.4, 0.5) is 5.69 Å². The second kappa shape index (κ2) is 6.24. The molecule has 1 atom stereocenters. The van der Waals surface area contributed by atoms with Gasteiger partial charge in [-0.15, -0.1) is 0 Å². The molecule has 2 rings (SSSR count). The van der Waals surface area contributed by atoms with Crippen LogP contribution < -0.4 is 5.32 Å². The molecule has 2 heteroatoms. The Kier molecular flexibility index (Phi) is 4.65. The zero-order valence-electron chi connectivity index (χ0n) is 11.9. The van der Waals surface area contributed by atoms with Gasteiger partial charge < -0.3 is 10.2 Å². The molecule has 1 heterocycles. The normalized spacial score (nSPS) is 19.7. The third-order valence-corrected chi connectivity index (χ3v) is 4.20. The van der Waals surface area contributed by atoms with Crippen molar-refractivity contribution in [2.75, 3.05) is 25.0 Å². The lowest BCUT2D eigenvalue weighted by Crippen LogP contribution is -2.39. The number of nitrogens with zero attached hydrogens (tertiary/aromatic N) is 1. The standard InChI is InChI=1S/C16H26N2/c1-4-18-10-8-15(9-11-18)14(3)17-16-7-5-6-13(2)12-16/h5-7,12,14-15,17H,4,8-11H2,1-3H3. The Morgan fingerprint density at radius 1 is 1.33 bits per heavy atom. The smallest absolute Gasteiger partial charge is 0.0344 e. The maximum absolute atomic E-state index is 3.67. The summed E-state index contributed by atoms with van der Waals surface area (Å²) in [6.45, 7) is 10.5. The van der Waals surface area contributed by atoms with Crippen LogP contribution in [0.5, 0.6) is 0 Å². The number of anilines is 1. The van der Waals surface area contributed by atoms with Crippen molar-refractivity contribution in [3.05, 3.63) is 29.8 Å². The monoisotopic (exact) mass is 246 g/mol. The number of piperidine rings is 1. The summed E-state index contributed by atoms with van der Waals surface area (Å²) in [6, 6.07) is 9.26. The molecule has 1 N–H and O–H groups in total. The first-order valence-electron chi connectivity index (χ1n) is 7.24. The SMILES string of the molecule is CCN1CCC(C(C)Nc2cccc(C)c2)CC1. The number of hydrogen-bond acceptors (Lipinski definition) is 2. The van der Waals surface area contributed by atoms with Crippen LogP contribution in [-0.2, 0) is 0 Å². The van der Waals surface area contributed by atoms with Crippen LogP contribution in [0.15, 0.2) is 24.3 Å². The highest BCUT2D eigenvalue weighted by Gasteiger charge is 2.22. The minimum Gasteiger partial charge on any atom is -0.382 e. The van der Waals surface area contributed by atoms with E-state index in [0.717, 1.165) is 5.92 Å². The van der Waals surface area contributed by atoms with E-state index < -0.39 is 0 Å². The van der Waals surface area contributed by atoms with Crippen molar-refractivity contribution in [3.8, 4) is 0 Å². The van der Waals surface area contributed by atoms with E-state index in [1.165, 1.54) is 43.7 Å². The van der Waals surface area contributed by atoms with Gasteiger partial charge in [-0.3, -0.25) is 0 Å². The fourth-order valence-electron chi connectivity index (χ4n) is 2.88. The summed E-state index contributed by atoms with van der Waals surface area (Å²) in [5.41, 5.74) is 2.59. The van der Waals surface area contributed by atoms with Crippen LogP contribution in [0.3, 0.4) is 0 Å². The summed E-state index contributed by atoms with van der Waals surface area (Å²) in [5.74, 6) is 0.813. The van der Waals surface area contributed by atoms with Gasteiger partial charge in [0.1, 0.15) is 0 Å². The van der Waals surface area contributed by atoms with Crippen molar-refractivity contribution in [1.82, 2.24) is 4.90 Å². The van der Waals surface area contributed by atoms with Crippen LogP contribution in [0.1, 0.15) is 32.3 Å². The summed E-state index contributed by atoms with van der Waals surface area (Å²) in [6.07, 6.45) is 2.65. The van der Waals surface area contributed by atoms with Gasteiger partial charge in [0.15, 0.2) is 0 Å². The van der Waals surface area contributed by atoms with Gasteiger partial charge in [-0.2, -0.15) is 0 Å². The molecule has 1 aliphatic heterocycles. The van der Waals surface area contributed by atoms with Crippen molar-refractivity contribution in [1.29, 1.82) is 0 Å². The van der Waals surface area contributed by atoms with E-state index in [-0.39, 0.29) is 0 Å². The van der Waals surface area contributed by atoms with E-state index in [4.69, 9.17) is 0 Å². The van der Waals surface area contributed by atoms with Crippen molar-refractivity contribution in [3.63, 3.8) is 0 Å². The van der Waals surface area contributed by atoms with Crippen LogP contribution in [0.2, 0.25) is 0 Å². The van der Waals surface area contributed by atoms with Gasteiger partial charge in [0.2, 0.25) is 0 Å². The van der Waals surface area contributed by atoms with E-state index in [0.29, 0.717) is 6.04 Å². The molecule has 1 fully saturated rings. The predicted octanol–water partition coefficient (Wildman–Crippen LogP) is 3.53. The van der Waals surface area contributed by atoms with Gasteiger partial charge in [0.25, 0.3) is 0 Å². The summed E-state index contributed by atoms with van der Waals surface area (Å²) < 4.78 is 0. The quantitative estimate of drug-likeness (QED) is 0.874. The Hall–Kier alpha value is -1.02. The average molecular weight is 246 g/mol. The number of hydrogen-bond donors (Lipinski definition) is 1. The molecule has 1 saturated heterocycles. The van der Waals surface area contributed by atoms with Crippen LogP contribution in [0, 0.1) is 12.8 Å². The topological polar surface area (TPSA) is 15.3 Å². The van der Waals surface area contributed by atoms with Gasteiger partial charge >= 0.3 is 0 Å². The second-order valence-corrected chi connectivity index (χ2v) is 5.57. The predicted molar refractivity (Wildman–Crippen MR) is 79.1 cm³/mol. The summed E-state index contributed by atoms with van der Waals surface area (Å²) in [7, 11) is 0. The first-order chi connectivity index (χ1) is 8.69. The zero-order chi connectivity index (χ0) is 13.0. The number of likely N-dealkylation sites (tertiary alicyclic amines) is 1. The fourth-order valence-corrected chi connectivity index (χ4v) is 2.88. The van der Waals surface area contributed by atoms with Gasteiger partial charge in [-0.05, 0) is 69.9 Å². The van der Waals surface area contributed by atoms with Crippen LogP contribution in [-0.4, -0.2) is 30.6 Å². The average Bonchev–Trinajstić information content (AvgIpc) is 2.39. The molecule has 1 aromatic carbocycles. The Balaban J connectivity index is 1.87. The Bertz CT molecular complexity index is 367. The number of benzene rings is 1. The molecule has 1 aliphatic rings. The van der Waals surface area contributed by atoms with E-state index in [1.807, 2.05) is 0 Å². The van der Waals surface area contributed by atoms with E-state index in [9.17, 15) is 0 Å². The molecule has 0 saturated carbocycles. The Morgan fingerprint density at radius 2 is 2.06 bits per heavy atom. The Morgan fingerprint density at radius 3 is 2.67 bits per heavy atom. The number of nitrogens with one attached hydrogen (secondary N) is 1. The largest absolute Gasteiger partial charge is 0.382 e. The molecule has 0 amide bonds. The molecular weight excluding hydrogens is 220 g/mol. The number of aryl methyl sites for hydroxylation is 1. The first-order valence-corrected chi connectivity index (χ1v) is 7.24. The highest BCUT2D eigenvalue weighted by Crippen LogP contribution is 2.23. The first kappa shape index (κ1) is 13.4. The summed E-state index contributed by atoms with van der Waals surface area (Å²) in [5, 5.41) is 3.67. The molecule has 18 heavy (non-hydrogen) atoms. The lowest BCUT2D eigenvalue weighted by atomic mass is 9.90. The molecule has 1 aromatic rings. The summed E-state index contributed by atoms with van der Waals surface area (Å²) in [4.78, 5) is 2.55. The van der Waals surface area contributed by atoms with E-state index in [1.54, 1.807) is 0 Å². The van der Waals surface area contributed by atoms with Gasteiger partial charge in [0.05, 0.1) is 0 Å². The van der Waals surface area contributed by atoms with E-state index >= 15 is 0 Å². The molecule has 0 radical (unpaired) electrons. The van der Waals surface area contributed by atoms with Gasteiger partial charge in [-0.1, -0.05) is 19.1 Å². The maximum atomic E-state index is 3.67. The molecule has 100 valence electrons. The van der Waals surface area contributed by atoms with Gasteiger partial charge in [0, 0.05) is 11.7 Å².